The average molecular weight is 465 g/mol. The molecule has 1 aliphatic heterocycles. The van der Waals surface area contributed by atoms with Crippen molar-refractivity contribution in [1.29, 1.82) is 0 Å². The number of rotatable bonds is 6. The first kappa shape index (κ1) is 23.2. The Morgan fingerprint density at radius 1 is 1.19 bits per heavy atom. The van der Waals surface area contributed by atoms with Gasteiger partial charge in [0, 0.05) is 23.8 Å². The number of amides is 1. The Balaban J connectivity index is 1.73. The van der Waals surface area contributed by atoms with E-state index in [1.807, 2.05) is 6.92 Å². The second-order valence-corrected chi connectivity index (χ2v) is 9.77. The monoisotopic (exact) mass is 464 g/mol. The summed E-state index contributed by atoms with van der Waals surface area (Å²) in [6.45, 7) is 4.25. The average Bonchev–Trinajstić information content (AvgIpc) is 2.75. The summed E-state index contributed by atoms with van der Waals surface area (Å²) in [5.74, 6) is -1.24. The van der Waals surface area contributed by atoms with Crippen molar-refractivity contribution in [2.75, 3.05) is 25.0 Å². The molecule has 3 rings (SSSR count). The Labute approximate surface area is 187 Å². The van der Waals surface area contributed by atoms with Gasteiger partial charge < -0.3 is 10.1 Å². The summed E-state index contributed by atoms with van der Waals surface area (Å²) >= 11 is 5.86. The zero-order valence-electron chi connectivity index (χ0n) is 17.4. The quantitative estimate of drug-likeness (QED) is 0.655. The zero-order valence-corrected chi connectivity index (χ0v) is 19.0. The largest absolute Gasteiger partial charge is 0.462 e. The van der Waals surface area contributed by atoms with Crippen LogP contribution in [-0.4, -0.2) is 44.3 Å². The zero-order chi connectivity index (χ0) is 22.6. The molecule has 0 spiro atoms. The molecule has 1 amide bonds. The van der Waals surface area contributed by atoms with Crippen LogP contribution in [0, 0.1) is 12.8 Å². The summed E-state index contributed by atoms with van der Waals surface area (Å²) in [4.78, 5) is 25.1. The van der Waals surface area contributed by atoms with Crippen LogP contribution in [-0.2, 0) is 19.6 Å². The molecule has 0 bridgehead atoms. The van der Waals surface area contributed by atoms with Crippen molar-refractivity contribution < 1.29 is 22.7 Å². The van der Waals surface area contributed by atoms with E-state index in [0.29, 0.717) is 35.7 Å². The van der Waals surface area contributed by atoms with Gasteiger partial charge in [-0.3, -0.25) is 4.79 Å². The predicted molar refractivity (Wildman–Crippen MR) is 119 cm³/mol. The fraction of sp³-hybridized carbons (Fsp3) is 0.364. The van der Waals surface area contributed by atoms with Gasteiger partial charge in [0.15, 0.2) is 0 Å². The molecule has 1 heterocycles. The van der Waals surface area contributed by atoms with Crippen LogP contribution in [0.3, 0.4) is 0 Å². The second-order valence-electron chi connectivity index (χ2n) is 7.40. The number of benzene rings is 2. The van der Waals surface area contributed by atoms with Crippen LogP contribution >= 0.6 is 11.6 Å². The molecule has 1 aliphatic rings. The number of carbonyl (C=O) groups is 2. The van der Waals surface area contributed by atoms with Crippen LogP contribution in [0.4, 0.5) is 5.69 Å². The van der Waals surface area contributed by atoms with Crippen molar-refractivity contribution in [3.8, 4) is 0 Å². The third kappa shape index (κ3) is 5.44. The highest BCUT2D eigenvalue weighted by Crippen LogP contribution is 2.26. The van der Waals surface area contributed by atoms with Gasteiger partial charge in [-0.2, -0.15) is 4.31 Å². The minimum Gasteiger partial charge on any atom is -0.462 e. The molecule has 166 valence electrons. The molecule has 2 aromatic rings. The number of anilines is 1. The normalized spacial score (nSPS) is 17.2. The topological polar surface area (TPSA) is 92.8 Å². The molecule has 1 saturated heterocycles. The number of hydrogen-bond acceptors (Lipinski definition) is 5. The number of piperidine rings is 1. The second kappa shape index (κ2) is 9.80. The van der Waals surface area contributed by atoms with Crippen LogP contribution in [0.25, 0.3) is 0 Å². The van der Waals surface area contributed by atoms with Gasteiger partial charge >= 0.3 is 5.97 Å². The van der Waals surface area contributed by atoms with Crippen LogP contribution in [0.2, 0.25) is 5.02 Å². The number of halogens is 1. The van der Waals surface area contributed by atoms with E-state index in [2.05, 4.69) is 5.32 Å². The Kier molecular flexibility index (Phi) is 7.35. The van der Waals surface area contributed by atoms with Gasteiger partial charge in [0.2, 0.25) is 15.9 Å². The van der Waals surface area contributed by atoms with Crippen LogP contribution in [0.15, 0.2) is 47.4 Å². The minimum absolute atomic E-state index is 0.0907. The maximum atomic E-state index is 13.0. The summed E-state index contributed by atoms with van der Waals surface area (Å²) in [5, 5.41) is 3.30. The molecule has 1 fully saturated rings. The van der Waals surface area contributed by atoms with Gasteiger partial charge in [-0.05, 0) is 68.7 Å². The third-order valence-corrected chi connectivity index (χ3v) is 7.34. The standard InChI is InChI=1S/C22H25ClN2O5S/c1-3-30-22(27)16-7-6-15(2)20(13-16)24-21(26)17-5-4-12-25(14-17)31(28,29)19-10-8-18(23)9-11-19/h6-11,13,17H,3-5,12,14H2,1-2H3,(H,24,26)/t17-/m1/s1. The fourth-order valence-electron chi connectivity index (χ4n) is 3.46. The molecule has 1 N–H and O–H groups in total. The van der Waals surface area contributed by atoms with Gasteiger partial charge in [0.1, 0.15) is 0 Å². The summed E-state index contributed by atoms with van der Waals surface area (Å²) in [5.41, 5.74) is 1.65. The van der Waals surface area contributed by atoms with Gasteiger partial charge in [0.25, 0.3) is 0 Å². The SMILES string of the molecule is CCOC(=O)c1ccc(C)c(NC(=O)[C@@H]2CCCN(S(=O)(=O)c3ccc(Cl)cc3)C2)c1. The first-order valence-electron chi connectivity index (χ1n) is 10.1. The number of sulfonamides is 1. The highest BCUT2D eigenvalue weighted by molar-refractivity contribution is 7.89. The smallest absolute Gasteiger partial charge is 0.338 e. The van der Waals surface area contributed by atoms with Gasteiger partial charge in [-0.1, -0.05) is 17.7 Å². The van der Waals surface area contributed by atoms with E-state index in [1.54, 1.807) is 25.1 Å². The molecule has 0 unspecified atom stereocenters. The molecule has 31 heavy (non-hydrogen) atoms. The lowest BCUT2D eigenvalue weighted by atomic mass is 9.98. The molecule has 7 nitrogen and oxygen atoms in total. The molecule has 1 atom stereocenters. The number of nitrogens with one attached hydrogen (secondary N) is 1. The van der Waals surface area contributed by atoms with E-state index < -0.39 is 21.9 Å². The first-order chi connectivity index (χ1) is 14.7. The van der Waals surface area contributed by atoms with Crippen molar-refractivity contribution in [2.24, 2.45) is 5.92 Å². The van der Waals surface area contributed by atoms with Crippen molar-refractivity contribution in [1.82, 2.24) is 4.31 Å². The Hall–Kier alpha value is -2.42. The van der Waals surface area contributed by atoms with Crippen LogP contribution in [0.5, 0.6) is 0 Å². The lowest BCUT2D eigenvalue weighted by molar-refractivity contribution is -0.120. The highest BCUT2D eigenvalue weighted by Gasteiger charge is 2.33. The fourth-order valence-corrected chi connectivity index (χ4v) is 5.11. The van der Waals surface area contributed by atoms with Crippen LogP contribution in [0.1, 0.15) is 35.7 Å². The molecule has 0 aliphatic carbocycles. The van der Waals surface area contributed by atoms with E-state index in [-0.39, 0.29) is 24.0 Å². The molecule has 0 saturated carbocycles. The molecule has 2 aromatic carbocycles. The van der Waals surface area contributed by atoms with Crippen molar-refractivity contribution in [3.05, 3.63) is 58.6 Å². The third-order valence-electron chi connectivity index (χ3n) is 5.21. The van der Waals surface area contributed by atoms with Gasteiger partial charge in [0.05, 0.1) is 23.0 Å². The summed E-state index contributed by atoms with van der Waals surface area (Å²) in [6.07, 6.45) is 1.15. The summed E-state index contributed by atoms with van der Waals surface area (Å²) < 4.78 is 32.3. The number of ether oxygens (including phenoxy) is 1. The van der Waals surface area contributed by atoms with Crippen molar-refractivity contribution in [2.45, 2.75) is 31.6 Å². The Morgan fingerprint density at radius 3 is 2.58 bits per heavy atom. The molecular weight excluding hydrogens is 440 g/mol. The van der Waals surface area contributed by atoms with E-state index in [9.17, 15) is 18.0 Å². The van der Waals surface area contributed by atoms with Crippen molar-refractivity contribution >= 4 is 39.2 Å². The lowest BCUT2D eigenvalue weighted by Crippen LogP contribution is -2.43. The maximum absolute atomic E-state index is 13.0. The Morgan fingerprint density at radius 2 is 1.90 bits per heavy atom. The Bertz CT molecular complexity index is 1070. The van der Waals surface area contributed by atoms with E-state index in [4.69, 9.17) is 16.3 Å². The highest BCUT2D eigenvalue weighted by atomic mass is 35.5. The molecule has 0 radical (unpaired) electrons. The summed E-state index contributed by atoms with van der Waals surface area (Å²) in [6, 6.07) is 10.9. The first-order valence-corrected chi connectivity index (χ1v) is 11.9. The molecular formula is C22H25ClN2O5S. The van der Waals surface area contributed by atoms with E-state index in [0.717, 1.165) is 5.56 Å². The minimum atomic E-state index is -3.72. The lowest BCUT2D eigenvalue weighted by Gasteiger charge is -2.31. The molecule has 9 heteroatoms. The number of carbonyl (C=O) groups excluding carboxylic acids is 2. The number of aryl methyl sites for hydroxylation is 1. The van der Waals surface area contributed by atoms with E-state index in [1.165, 1.54) is 28.6 Å². The number of hydrogen-bond donors (Lipinski definition) is 1. The van der Waals surface area contributed by atoms with Crippen molar-refractivity contribution in [3.63, 3.8) is 0 Å². The van der Waals surface area contributed by atoms with Gasteiger partial charge in [-0.25, -0.2) is 13.2 Å². The predicted octanol–water partition coefficient (Wildman–Crippen LogP) is 3.86. The van der Waals surface area contributed by atoms with Crippen LogP contribution < -0.4 is 5.32 Å². The summed E-state index contributed by atoms with van der Waals surface area (Å²) in [7, 11) is -3.72. The number of esters is 1. The van der Waals surface area contributed by atoms with E-state index >= 15 is 0 Å². The molecule has 0 aromatic heterocycles. The van der Waals surface area contributed by atoms with Gasteiger partial charge in [-0.15, -0.1) is 0 Å². The maximum Gasteiger partial charge on any atom is 0.338 e. The number of nitrogens with zero attached hydrogens (tertiary/aromatic N) is 1.